The number of ether oxygens (including phenoxy) is 1. The highest BCUT2D eigenvalue weighted by molar-refractivity contribution is 14.0. The van der Waals surface area contributed by atoms with Crippen molar-refractivity contribution in [3.8, 4) is 5.75 Å². The van der Waals surface area contributed by atoms with E-state index in [0.717, 1.165) is 43.7 Å². The second-order valence-electron chi connectivity index (χ2n) is 7.14. The maximum atomic E-state index is 5.89. The van der Waals surface area contributed by atoms with Crippen molar-refractivity contribution in [3.05, 3.63) is 42.5 Å². The predicted octanol–water partition coefficient (Wildman–Crippen LogP) is 3.73. The molecule has 28 heavy (non-hydrogen) atoms. The lowest BCUT2D eigenvalue weighted by Crippen LogP contribution is -2.40. The Labute approximate surface area is 185 Å². The van der Waals surface area contributed by atoms with Gasteiger partial charge in [-0.1, -0.05) is 37.3 Å². The van der Waals surface area contributed by atoms with Crippen LogP contribution in [-0.2, 0) is 0 Å². The van der Waals surface area contributed by atoms with E-state index in [2.05, 4.69) is 63.8 Å². The molecule has 1 aliphatic heterocycles. The van der Waals surface area contributed by atoms with Crippen LogP contribution in [0.2, 0.25) is 0 Å². The van der Waals surface area contributed by atoms with Crippen LogP contribution in [0.25, 0.3) is 10.8 Å². The van der Waals surface area contributed by atoms with Gasteiger partial charge in [-0.25, -0.2) is 0 Å². The van der Waals surface area contributed by atoms with Crippen molar-refractivity contribution in [3.63, 3.8) is 0 Å². The summed E-state index contributed by atoms with van der Waals surface area (Å²) >= 11 is 0. The minimum absolute atomic E-state index is 0. The highest BCUT2D eigenvalue weighted by Crippen LogP contribution is 2.20. The summed E-state index contributed by atoms with van der Waals surface area (Å²) in [5.41, 5.74) is 0. The van der Waals surface area contributed by atoms with Gasteiger partial charge < -0.3 is 20.3 Å². The third-order valence-corrected chi connectivity index (χ3v) is 5.20. The normalized spacial score (nSPS) is 17.4. The summed E-state index contributed by atoms with van der Waals surface area (Å²) in [7, 11) is 1.83. The van der Waals surface area contributed by atoms with E-state index < -0.39 is 0 Å². The summed E-state index contributed by atoms with van der Waals surface area (Å²) in [5, 5.41) is 9.29. The number of likely N-dealkylation sites (tertiary alicyclic amines) is 1. The van der Waals surface area contributed by atoms with Gasteiger partial charge in [0.05, 0.1) is 6.61 Å². The Kier molecular flexibility index (Phi) is 9.84. The molecule has 0 aromatic heterocycles. The van der Waals surface area contributed by atoms with Crippen molar-refractivity contribution in [1.82, 2.24) is 15.5 Å². The van der Waals surface area contributed by atoms with Gasteiger partial charge in [-0.2, -0.15) is 0 Å². The first kappa shape index (κ1) is 22.7. The lowest BCUT2D eigenvalue weighted by atomic mass is 10.1. The summed E-state index contributed by atoms with van der Waals surface area (Å²) in [4.78, 5) is 6.82. The van der Waals surface area contributed by atoms with Gasteiger partial charge in [0.2, 0.25) is 0 Å². The number of hydrogen-bond acceptors (Lipinski definition) is 3. The van der Waals surface area contributed by atoms with Crippen LogP contribution in [0.5, 0.6) is 5.75 Å². The standard InChI is InChI=1S/C22H32N4O.HI/c1-3-26-13-11-18(17-26)16-25-22(23-2)24-12-6-14-27-21-10-9-19-7-4-5-8-20(19)15-21;/h4-5,7-10,15,18H,3,6,11-14,16-17H2,1-2H3,(H2,23,24,25);1H. The SMILES string of the molecule is CCN1CCC(CNC(=NC)NCCCOc2ccc3ccccc3c2)C1.I. The first-order chi connectivity index (χ1) is 13.3. The molecule has 0 radical (unpaired) electrons. The molecule has 3 rings (SSSR count). The van der Waals surface area contributed by atoms with Crippen LogP contribution in [-0.4, -0.2) is 57.2 Å². The first-order valence-corrected chi connectivity index (χ1v) is 10.1. The van der Waals surface area contributed by atoms with Crippen molar-refractivity contribution >= 4 is 40.7 Å². The maximum absolute atomic E-state index is 5.89. The van der Waals surface area contributed by atoms with Crippen molar-refractivity contribution in [2.24, 2.45) is 10.9 Å². The summed E-state index contributed by atoms with van der Waals surface area (Å²) in [6, 6.07) is 14.6. The topological polar surface area (TPSA) is 48.9 Å². The van der Waals surface area contributed by atoms with Crippen LogP contribution < -0.4 is 15.4 Å². The average Bonchev–Trinajstić information content (AvgIpc) is 3.18. The lowest BCUT2D eigenvalue weighted by molar-refractivity contribution is 0.311. The van der Waals surface area contributed by atoms with Crippen molar-refractivity contribution in [2.75, 3.05) is 46.4 Å². The fourth-order valence-electron chi connectivity index (χ4n) is 3.55. The van der Waals surface area contributed by atoms with E-state index in [4.69, 9.17) is 4.74 Å². The van der Waals surface area contributed by atoms with E-state index in [9.17, 15) is 0 Å². The number of fused-ring (bicyclic) bond motifs is 1. The highest BCUT2D eigenvalue weighted by Gasteiger charge is 2.20. The fourth-order valence-corrected chi connectivity index (χ4v) is 3.55. The molecule has 2 aromatic rings. The van der Waals surface area contributed by atoms with E-state index in [1.54, 1.807) is 0 Å². The second kappa shape index (κ2) is 12.1. The zero-order chi connectivity index (χ0) is 18.9. The Bertz CT molecular complexity index is 752. The van der Waals surface area contributed by atoms with Gasteiger partial charge in [-0.05, 0) is 54.8 Å². The molecule has 0 amide bonds. The molecule has 1 unspecified atom stereocenters. The number of aliphatic imine (C=N–C) groups is 1. The van der Waals surface area contributed by atoms with E-state index in [0.29, 0.717) is 6.61 Å². The third kappa shape index (κ3) is 6.81. The van der Waals surface area contributed by atoms with E-state index in [1.807, 2.05) is 13.1 Å². The molecule has 1 saturated heterocycles. The Morgan fingerprint density at radius 2 is 2.00 bits per heavy atom. The quantitative estimate of drug-likeness (QED) is 0.253. The van der Waals surface area contributed by atoms with Crippen LogP contribution in [0.4, 0.5) is 0 Å². The Morgan fingerprint density at radius 3 is 2.75 bits per heavy atom. The predicted molar refractivity (Wildman–Crippen MR) is 129 cm³/mol. The number of hydrogen-bond donors (Lipinski definition) is 2. The molecule has 1 atom stereocenters. The van der Waals surface area contributed by atoms with Crippen LogP contribution >= 0.6 is 24.0 Å². The van der Waals surface area contributed by atoms with E-state index >= 15 is 0 Å². The van der Waals surface area contributed by atoms with E-state index in [-0.39, 0.29) is 24.0 Å². The molecule has 0 bridgehead atoms. The van der Waals surface area contributed by atoms with Gasteiger partial charge in [0.25, 0.3) is 0 Å². The van der Waals surface area contributed by atoms with Crippen LogP contribution in [0.3, 0.4) is 0 Å². The van der Waals surface area contributed by atoms with Crippen LogP contribution in [0.15, 0.2) is 47.5 Å². The van der Waals surface area contributed by atoms with E-state index in [1.165, 1.54) is 30.3 Å². The first-order valence-electron chi connectivity index (χ1n) is 10.1. The summed E-state index contributed by atoms with van der Waals surface area (Å²) < 4.78 is 5.89. The maximum Gasteiger partial charge on any atom is 0.190 e. The smallest absolute Gasteiger partial charge is 0.190 e. The zero-order valence-corrected chi connectivity index (χ0v) is 19.3. The molecule has 1 heterocycles. The van der Waals surface area contributed by atoms with Crippen molar-refractivity contribution < 1.29 is 4.74 Å². The van der Waals surface area contributed by atoms with Gasteiger partial charge in [-0.15, -0.1) is 24.0 Å². The van der Waals surface area contributed by atoms with Gasteiger partial charge in [-0.3, -0.25) is 4.99 Å². The Balaban J connectivity index is 0.00000280. The molecule has 154 valence electrons. The molecule has 0 spiro atoms. The summed E-state index contributed by atoms with van der Waals surface area (Å²) in [6.45, 7) is 8.33. The van der Waals surface area contributed by atoms with Crippen molar-refractivity contribution in [2.45, 2.75) is 19.8 Å². The molecule has 5 nitrogen and oxygen atoms in total. The molecule has 6 heteroatoms. The fraction of sp³-hybridized carbons (Fsp3) is 0.500. The highest BCUT2D eigenvalue weighted by atomic mass is 127. The molecule has 2 aromatic carbocycles. The lowest BCUT2D eigenvalue weighted by Gasteiger charge is -2.16. The molecular weight excluding hydrogens is 463 g/mol. The Morgan fingerprint density at radius 1 is 1.18 bits per heavy atom. The third-order valence-electron chi connectivity index (χ3n) is 5.20. The van der Waals surface area contributed by atoms with Gasteiger partial charge in [0.15, 0.2) is 5.96 Å². The molecule has 2 N–H and O–H groups in total. The Hall–Kier alpha value is -1.54. The van der Waals surface area contributed by atoms with Gasteiger partial charge >= 0.3 is 0 Å². The minimum atomic E-state index is 0. The van der Waals surface area contributed by atoms with Crippen LogP contribution in [0.1, 0.15) is 19.8 Å². The zero-order valence-electron chi connectivity index (χ0n) is 17.0. The number of nitrogens with zero attached hydrogens (tertiary/aromatic N) is 2. The minimum Gasteiger partial charge on any atom is -0.494 e. The number of benzene rings is 2. The van der Waals surface area contributed by atoms with Gasteiger partial charge in [0, 0.05) is 26.7 Å². The molecule has 0 aliphatic carbocycles. The summed E-state index contributed by atoms with van der Waals surface area (Å²) in [6.07, 6.45) is 2.21. The van der Waals surface area contributed by atoms with Gasteiger partial charge in [0.1, 0.15) is 5.75 Å². The second-order valence-corrected chi connectivity index (χ2v) is 7.14. The number of rotatable bonds is 8. The number of halogens is 1. The molecular formula is C22H33IN4O. The average molecular weight is 496 g/mol. The molecule has 0 saturated carbocycles. The van der Waals surface area contributed by atoms with Crippen molar-refractivity contribution in [1.29, 1.82) is 0 Å². The molecule has 1 aliphatic rings. The number of guanidine groups is 1. The monoisotopic (exact) mass is 496 g/mol. The van der Waals surface area contributed by atoms with Crippen LogP contribution in [0, 0.1) is 5.92 Å². The largest absolute Gasteiger partial charge is 0.494 e. The number of nitrogens with one attached hydrogen (secondary N) is 2. The molecule has 1 fully saturated rings. The summed E-state index contributed by atoms with van der Waals surface area (Å²) in [5.74, 6) is 2.54.